The number of nitrogens with zero attached hydrogens (tertiary/aromatic N) is 3. The maximum atomic E-state index is 12.2. The van der Waals surface area contributed by atoms with Crippen molar-refractivity contribution in [2.24, 2.45) is 0 Å². The number of sulfonamides is 1. The molecule has 0 unspecified atom stereocenters. The van der Waals surface area contributed by atoms with Crippen molar-refractivity contribution in [3.63, 3.8) is 0 Å². The van der Waals surface area contributed by atoms with Gasteiger partial charge in [0, 0.05) is 31.0 Å². The van der Waals surface area contributed by atoms with Gasteiger partial charge in [-0.05, 0) is 36.8 Å². The van der Waals surface area contributed by atoms with Crippen molar-refractivity contribution in [3.8, 4) is 0 Å². The molecule has 0 saturated carbocycles. The lowest BCUT2D eigenvalue weighted by Crippen LogP contribution is -2.23. The summed E-state index contributed by atoms with van der Waals surface area (Å²) >= 11 is 0. The van der Waals surface area contributed by atoms with Crippen LogP contribution in [0.4, 0.5) is 11.6 Å². The molecule has 0 spiro atoms. The van der Waals surface area contributed by atoms with Crippen molar-refractivity contribution in [1.82, 2.24) is 9.97 Å². The fraction of sp³-hybridized carbons (Fsp3) is 0.214. The summed E-state index contributed by atoms with van der Waals surface area (Å²) in [5, 5.41) is 0. The lowest BCUT2D eigenvalue weighted by Gasteiger charge is -2.16. The maximum absolute atomic E-state index is 12.2. The lowest BCUT2D eigenvalue weighted by molar-refractivity contribution is -0.117. The zero-order valence-corrected chi connectivity index (χ0v) is 12.5. The van der Waals surface area contributed by atoms with E-state index in [9.17, 15) is 13.2 Å². The highest BCUT2D eigenvalue weighted by Gasteiger charge is 2.22. The first-order valence-corrected chi connectivity index (χ1v) is 8.25. The summed E-state index contributed by atoms with van der Waals surface area (Å²) in [6.07, 6.45) is 4.26. The third kappa shape index (κ3) is 2.91. The molecule has 0 atom stereocenters. The number of anilines is 2. The second-order valence-electron chi connectivity index (χ2n) is 4.82. The molecular formula is C14H14N4O3S. The number of amides is 1. The van der Waals surface area contributed by atoms with Gasteiger partial charge >= 0.3 is 0 Å². The molecule has 114 valence electrons. The van der Waals surface area contributed by atoms with Gasteiger partial charge in [-0.1, -0.05) is 0 Å². The maximum Gasteiger partial charge on any atom is 0.264 e. The quantitative estimate of drug-likeness (QED) is 0.920. The van der Waals surface area contributed by atoms with Crippen molar-refractivity contribution >= 4 is 27.6 Å². The van der Waals surface area contributed by atoms with Crippen LogP contribution in [-0.4, -0.2) is 30.8 Å². The highest BCUT2D eigenvalue weighted by atomic mass is 32.2. The van der Waals surface area contributed by atoms with E-state index < -0.39 is 10.0 Å². The largest absolute Gasteiger partial charge is 0.312 e. The first-order chi connectivity index (χ1) is 10.6. The van der Waals surface area contributed by atoms with E-state index in [4.69, 9.17) is 0 Å². The Morgan fingerprint density at radius 2 is 1.77 bits per heavy atom. The van der Waals surface area contributed by atoms with E-state index in [1.807, 2.05) is 0 Å². The van der Waals surface area contributed by atoms with Crippen molar-refractivity contribution in [3.05, 3.63) is 42.7 Å². The Morgan fingerprint density at radius 1 is 1.09 bits per heavy atom. The molecule has 1 N–H and O–H groups in total. The fourth-order valence-electron chi connectivity index (χ4n) is 2.26. The number of carbonyl (C=O) groups is 1. The Hall–Kier alpha value is -2.48. The van der Waals surface area contributed by atoms with Crippen LogP contribution in [0.3, 0.4) is 0 Å². The average Bonchev–Trinajstić information content (AvgIpc) is 2.94. The fourth-order valence-corrected chi connectivity index (χ4v) is 3.22. The van der Waals surface area contributed by atoms with E-state index in [0.29, 0.717) is 18.7 Å². The Morgan fingerprint density at radius 3 is 2.36 bits per heavy atom. The minimum Gasteiger partial charge on any atom is -0.312 e. The minimum atomic E-state index is -3.75. The number of nitrogens with one attached hydrogen (secondary N) is 1. The number of benzene rings is 1. The van der Waals surface area contributed by atoms with Gasteiger partial charge in [0.25, 0.3) is 10.0 Å². The number of rotatable bonds is 4. The predicted octanol–water partition coefficient (Wildman–Crippen LogP) is 1.40. The topological polar surface area (TPSA) is 92.3 Å². The molecule has 0 bridgehead atoms. The van der Waals surface area contributed by atoms with Gasteiger partial charge in [0.05, 0.1) is 4.90 Å². The van der Waals surface area contributed by atoms with Crippen molar-refractivity contribution in [1.29, 1.82) is 0 Å². The van der Waals surface area contributed by atoms with Crippen molar-refractivity contribution in [2.45, 2.75) is 17.7 Å². The highest BCUT2D eigenvalue weighted by Crippen LogP contribution is 2.23. The molecule has 1 aliphatic heterocycles. The van der Waals surface area contributed by atoms with Gasteiger partial charge in [0.15, 0.2) is 0 Å². The number of hydrogen-bond donors (Lipinski definition) is 1. The standard InChI is InChI=1S/C14H14N4O3S/c19-13-3-1-10-18(13)11-4-6-12(7-5-11)22(20,21)17-14-15-8-2-9-16-14/h2,4-9H,1,3,10H2,(H,15,16,17). The molecule has 22 heavy (non-hydrogen) atoms. The van der Waals surface area contributed by atoms with Crippen LogP contribution in [-0.2, 0) is 14.8 Å². The third-order valence-electron chi connectivity index (χ3n) is 3.32. The normalized spacial score (nSPS) is 15.1. The summed E-state index contributed by atoms with van der Waals surface area (Å²) in [7, 11) is -3.75. The molecule has 1 aromatic heterocycles. The van der Waals surface area contributed by atoms with E-state index in [-0.39, 0.29) is 16.8 Å². The van der Waals surface area contributed by atoms with E-state index >= 15 is 0 Å². The van der Waals surface area contributed by atoms with Crippen LogP contribution >= 0.6 is 0 Å². The second-order valence-corrected chi connectivity index (χ2v) is 6.50. The van der Waals surface area contributed by atoms with E-state index in [1.54, 1.807) is 23.1 Å². The van der Waals surface area contributed by atoms with E-state index in [2.05, 4.69) is 14.7 Å². The first kappa shape index (κ1) is 14.5. The summed E-state index contributed by atoms with van der Waals surface area (Å²) in [5.74, 6) is 0.0766. The second kappa shape index (κ2) is 5.72. The lowest BCUT2D eigenvalue weighted by atomic mass is 10.3. The molecule has 2 heterocycles. The summed E-state index contributed by atoms with van der Waals surface area (Å²) in [5.41, 5.74) is 0.706. The number of carbonyl (C=O) groups excluding carboxylic acids is 1. The predicted molar refractivity (Wildman–Crippen MR) is 80.9 cm³/mol. The number of aromatic nitrogens is 2. The van der Waals surface area contributed by atoms with Crippen LogP contribution in [0.15, 0.2) is 47.6 Å². The Labute approximate surface area is 128 Å². The average molecular weight is 318 g/mol. The van der Waals surface area contributed by atoms with Crippen molar-refractivity contribution in [2.75, 3.05) is 16.2 Å². The smallest absolute Gasteiger partial charge is 0.264 e. The highest BCUT2D eigenvalue weighted by molar-refractivity contribution is 7.92. The monoisotopic (exact) mass is 318 g/mol. The van der Waals surface area contributed by atoms with Gasteiger partial charge in [-0.25, -0.2) is 23.1 Å². The molecule has 0 aliphatic carbocycles. The van der Waals surface area contributed by atoms with Gasteiger partial charge < -0.3 is 4.90 Å². The molecule has 1 aliphatic rings. The molecule has 8 heteroatoms. The number of hydrogen-bond acceptors (Lipinski definition) is 5. The Bertz CT molecular complexity index is 775. The summed E-state index contributed by atoms with van der Waals surface area (Å²) in [6, 6.07) is 7.78. The van der Waals surface area contributed by atoms with Crippen LogP contribution < -0.4 is 9.62 Å². The molecule has 1 aromatic carbocycles. The van der Waals surface area contributed by atoms with Gasteiger partial charge in [-0.2, -0.15) is 0 Å². The molecule has 1 saturated heterocycles. The van der Waals surface area contributed by atoms with E-state index in [0.717, 1.165) is 6.42 Å². The zero-order chi connectivity index (χ0) is 15.6. The summed E-state index contributed by atoms with van der Waals surface area (Å²) in [4.78, 5) is 21.1. The van der Waals surface area contributed by atoms with Crippen LogP contribution in [0.1, 0.15) is 12.8 Å². The minimum absolute atomic E-state index is 0.0151. The van der Waals surface area contributed by atoms with Crippen LogP contribution in [0.5, 0.6) is 0 Å². The summed E-state index contributed by atoms with van der Waals surface area (Å²) < 4.78 is 26.8. The van der Waals surface area contributed by atoms with Crippen molar-refractivity contribution < 1.29 is 13.2 Å². The first-order valence-electron chi connectivity index (χ1n) is 6.76. The van der Waals surface area contributed by atoms with Gasteiger partial charge in [0.1, 0.15) is 0 Å². The molecule has 1 fully saturated rings. The van der Waals surface area contributed by atoms with Crippen LogP contribution in [0, 0.1) is 0 Å². The molecule has 7 nitrogen and oxygen atoms in total. The van der Waals surface area contributed by atoms with Gasteiger partial charge in [0.2, 0.25) is 11.9 Å². The third-order valence-corrected chi connectivity index (χ3v) is 4.67. The van der Waals surface area contributed by atoms with Crippen LogP contribution in [0.2, 0.25) is 0 Å². The molecule has 2 aromatic rings. The molecular weight excluding hydrogens is 304 g/mol. The molecule has 0 radical (unpaired) electrons. The van der Waals surface area contributed by atoms with E-state index in [1.165, 1.54) is 24.5 Å². The van der Waals surface area contributed by atoms with Gasteiger partial charge in [-0.15, -0.1) is 0 Å². The summed E-state index contributed by atoms with van der Waals surface area (Å²) in [6.45, 7) is 0.668. The Kier molecular flexibility index (Phi) is 3.76. The molecule has 3 rings (SSSR count). The Balaban J connectivity index is 1.81. The zero-order valence-electron chi connectivity index (χ0n) is 11.6. The molecule has 1 amide bonds. The SMILES string of the molecule is O=C1CCCN1c1ccc(S(=O)(=O)Nc2ncccn2)cc1. The van der Waals surface area contributed by atoms with Crippen LogP contribution in [0.25, 0.3) is 0 Å². The van der Waals surface area contributed by atoms with Gasteiger partial charge in [-0.3, -0.25) is 4.79 Å².